The number of ether oxygens (including phenoxy) is 3. The molecule has 0 unspecified atom stereocenters. The van der Waals surface area contributed by atoms with E-state index in [0.717, 1.165) is 37.1 Å². The van der Waals surface area contributed by atoms with Crippen LogP contribution in [0.15, 0.2) is 30.7 Å². The molecular formula is C23H25ClFN5O3. The summed E-state index contributed by atoms with van der Waals surface area (Å²) in [5.74, 6) is 0.664. The Kier molecular flexibility index (Phi) is 5.99. The minimum atomic E-state index is -0.666. The molecule has 1 fully saturated rings. The van der Waals surface area contributed by atoms with Crippen LogP contribution in [0.4, 0.5) is 10.2 Å². The van der Waals surface area contributed by atoms with Gasteiger partial charge in [-0.2, -0.15) is 5.10 Å². The van der Waals surface area contributed by atoms with Crippen LogP contribution in [0.25, 0.3) is 11.1 Å². The molecule has 0 spiro atoms. The first kappa shape index (κ1) is 21.8. The van der Waals surface area contributed by atoms with Crippen molar-refractivity contribution in [1.29, 1.82) is 0 Å². The van der Waals surface area contributed by atoms with Crippen LogP contribution in [0.5, 0.6) is 17.2 Å². The van der Waals surface area contributed by atoms with E-state index in [1.807, 2.05) is 17.1 Å². The molecule has 0 amide bonds. The van der Waals surface area contributed by atoms with Crippen molar-refractivity contribution < 1.29 is 18.6 Å². The number of benzene rings is 1. The number of anilines is 1. The third-order valence-electron chi connectivity index (χ3n) is 5.97. The first-order valence-electron chi connectivity index (χ1n) is 11.0. The van der Waals surface area contributed by atoms with E-state index in [9.17, 15) is 4.39 Å². The highest BCUT2D eigenvalue weighted by Crippen LogP contribution is 2.44. The Labute approximate surface area is 195 Å². The average molecular weight is 474 g/mol. The van der Waals surface area contributed by atoms with Gasteiger partial charge in [0.25, 0.3) is 0 Å². The van der Waals surface area contributed by atoms with Gasteiger partial charge >= 0.3 is 0 Å². The smallest absolute Gasteiger partial charge is 0.169 e. The Hall–Kier alpha value is -3.04. The maximum Gasteiger partial charge on any atom is 0.169 e. The van der Waals surface area contributed by atoms with Gasteiger partial charge in [0.15, 0.2) is 23.1 Å². The number of nitrogens with zero attached hydrogens (tertiary/aromatic N) is 3. The van der Waals surface area contributed by atoms with E-state index in [-0.39, 0.29) is 10.8 Å². The standard InChI is InChI=1S/C23H25ClFN5O3/c1-13(20-21(24)17(25)9-18-22(20)32-7-6-31-18)33-19-8-14(10-28-23(19)26)15-11-29-30(12-15)16-2-4-27-5-3-16/h8-13,16,27H,2-7H2,1H3,(H2,26,28)/t13-/m1/s1. The lowest BCUT2D eigenvalue weighted by molar-refractivity contribution is 0.158. The second-order valence-corrected chi connectivity index (χ2v) is 8.55. The zero-order valence-corrected chi connectivity index (χ0v) is 18.9. The fourth-order valence-electron chi connectivity index (χ4n) is 4.23. The second-order valence-electron chi connectivity index (χ2n) is 8.17. The van der Waals surface area contributed by atoms with Crippen LogP contribution in [-0.2, 0) is 0 Å². The lowest BCUT2D eigenvalue weighted by Gasteiger charge is -2.25. The van der Waals surface area contributed by atoms with Gasteiger partial charge in [0, 0.05) is 29.6 Å². The molecule has 174 valence electrons. The van der Waals surface area contributed by atoms with Crippen molar-refractivity contribution in [3.8, 4) is 28.4 Å². The van der Waals surface area contributed by atoms with E-state index in [1.165, 1.54) is 6.07 Å². The summed E-state index contributed by atoms with van der Waals surface area (Å²) >= 11 is 6.28. The molecule has 3 N–H and O–H groups in total. The number of hydrogen-bond donors (Lipinski definition) is 2. The van der Waals surface area contributed by atoms with Crippen molar-refractivity contribution in [3.63, 3.8) is 0 Å². The number of fused-ring (bicyclic) bond motifs is 1. The van der Waals surface area contributed by atoms with Gasteiger partial charge in [0.05, 0.1) is 22.8 Å². The van der Waals surface area contributed by atoms with E-state index < -0.39 is 11.9 Å². The van der Waals surface area contributed by atoms with Crippen LogP contribution in [-0.4, -0.2) is 41.1 Å². The van der Waals surface area contributed by atoms with Gasteiger partial charge in [0.2, 0.25) is 0 Å². The Morgan fingerprint density at radius 2 is 2.00 bits per heavy atom. The summed E-state index contributed by atoms with van der Waals surface area (Å²) in [6, 6.07) is 3.41. The summed E-state index contributed by atoms with van der Waals surface area (Å²) in [7, 11) is 0. The molecule has 1 aromatic carbocycles. The highest BCUT2D eigenvalue weighted by Gasteiger charge is 2.28. The second kappa shape index (κ2) is 9.07. The first-order valence-corrected chi connectivity index (χ1v) is 11.3. The fourth-order valence-corrected chi connectivity index (χ4v) is 4.53. The molecule has 0 aliphatic carbocycles. The van der Waals surface area contributed by atoms with Crippen molar-refractivity contribution >= 4 is 17.4 Å². The Morgan fingerprint density at radius 3 is 2.82 bits per heavy atom. The maximum atomic E-state index is 14.4. The van der Waals surface area contributed by atoms with Crippen molar-refractivity contribution in [2.24, 2.45) is 0 Å². The summed E-state index contributed by atoms with van der Waals surface area (Å²) in [5.41, 5.74) is 8.20. The first-order chi connectivity index (χ1) is 16.0. The van der Waals surface area contributed by atoms with E-state index in [2.05, 4.69) is 15.4 Å². The molecular weight excluding hydrogens is 449 g/mol. The van der Waals surface area contributed by atoms with E-state index in [4.69, 9.17) is 31.5 Å². The predicted molar refractivity (Wildman–Crippen MR) is 122 cm³/mol. The van der Waals surface area contributed by atoms with Gasteiger partial charge in [-0.1, -0.05) is 11.6 Å². The van der Waals surface area contributed by atoms with Gasteiger partial charge < -0.3 is 25.3 Å². The van der Waals surface area contributed by atoms with Crippen molar-refractivity contribution in [2.45, 2.75) is 31.9 Å². The molecule has 4 heterocycles. The molecule has 0 bridgehead atoms. The minimum absolute atomic E-state index is 0.0716. The lowest BCUT2D eigenvalue weighted by atomic mass is 10.1. The van der Waals surface area contributed by atoms with Crippen LogP contribution in [0.3, 0.4) is 0 Å². The molecule has 0 saturated carbocycles. The lowest BCUT2D eigenvalue weighted by Crippen LogP contribution is -2.29. The Balaban J connectivity index is 1.42. The van der Waals surface area contributed by atoms with Crippen LogP contribution in [0, 0.1) is 5.82 Å². The van der Waals surface area contributed by atoms with Gasteiger partial charge in [-0.25, -0.2) is 9.37 Å². The number of nitrogen functional groups attached to an aromatic ring is 1. The van der Waals surface area contributed by atoms with E-state index >= 15 is 0 Å². The molecule has 33 heavy (non-hydrogen) atoms. The van der Waals surface area contributed by atoms with Gasteiger partial charge in [-0.05, 0) is 38.9 Å². The number of hydrogen-bond acceptors (Lipinski definition) is 7. The van der Waals surface area contributed by atoms with E-state index in [0.29, 0.717) is 42.1 Å². The minimum Gasteiger partial charge on any atom is -0.486 e. The number of pyridine rings is 1. The third kappa shape index (κ3) is 4.30. The normalized spacial score (nSPS) is 17.1. The third-order valence-corrected chi connectivity index (χ3v) is 6.35. The van der Waals surface area contributed by atoms with E-state index in [1.54, 1.807) is 19.2 Å². The van der Waals surface area contributed by atoms with Crippen LogP contribution < -0.4 is 25.3 Å². The SMILES string of the molecule is C[C@@H](Oc1cc(-c2cnn(C3CCNCC3)c2)cnc1N)c1c(Cl)c(F)cc2c1OCCO2. The summed E-state index contributed by atoms with van der Waals surface area (Å²) < 4.78 is 33.8. The van der Waals surface area contributed by atoms with Crippen LogP contribution >= 0.6 is 11.6 Å². The molecule has 1 saturated heterocycles. The quantitative estimate of drug-likeness (QED) is 0.574. The summed E-state index contributed by atoms with van der Waals surface area (Å²) in [6.07, 6.45) is 6.93. The van der Waals surface area contributed by atoms with Gasteiger partial charge in [0.1, 0.15) is 25.1 Å². The van der Waals surface area contributed by atoms with Crippen molar-refractivity contribution in [1.82, 2.24) is 20.1 Å². The molecule has 2 aromatic heterocycles. The fraction of sp³-hybridized carbons (Fsp3) is 0.391. The summed E-state index contributed by atoms with van der Waals surface area (Å²) in [4.78, 5) is 4.29. The molecule has 1 atom stereocenters. The largest absolute Gasteiger partial charge is 0.486 e. The molecule has 2 aliphatic rings. The molecule has 5 rings (SSSR count). The topological polar surface area (TPSA) is 96.5 Å². The van der Waals surface area contributed by atoms with Crippen molar-refractivity contribution in [3.05, 3.63) is 47.1 Å². The monoisotopic (exact) mass is 473 g/mol. The number of nitrogens with two attached hydrogens (primary N) is 1. The number of nitrogens with one attached hydrogen (secondary N) is 1. The highest BCUT2D eigenvalue weighted by molar-refractivity contribution is 6.31. The van der Waals surface area contributed by atoms with Gasteiger partial charge in [-0.15, -0.1) is 0 Å². The molecule has 0 radical (unpaired) electrons. The molecule has 3 aromatic rings. The van der Waals surface area contributed by atoms with Crippen molar-refractivity contribution in [2.75, 3.05) is 32.0 Å². The Morgan fingerprint density at radius 1 is 1.21 bits per heavy atom. The maximum absolute atomic E-state index is 14.4. The molecule has 8 nitrogen and oxygen atoms in total. The van der Waals surface area contributed by atoms with Gasteiger partial charge in [-0.3, -0.25) is 4.68 Å². The number of halogens is 2. The zero-order chi connectivity index (χ0) is 22.9. The van der Waals surface area contributed by atoms with Crippen LogP contribution in [0.1, 0.15) is 37.5 Å². The van der Waals surface area contributed by atoms with Crippen LogP contribution in [0.2, 0.25) is 5.02 Å². The molecule has 2 aliphatic heterocycles. The Bertz CT molecular complexity index is 1170. The highest BCUT2D eigenvalue weighted by atomic mass is 35.5. The zero-order valence-electron chi connectivity index (χ0n) is 18.2. The predicted octanol–water partition coefficient (Wildman–Crippen LogP) is 4.16. The number of aromatic nitrogens is 3. The number of piperidine rings is 1. The summed E-state index contributed by atoms with van der Waals surface area (Å²) in [5, 5.41) is 7.84. The average Bonchev–Trinajstić information content (AvgIpc) is 3.32. The summed E-state index contributed by atoms with van der Waals surface area (Å²) in [6.45, 7) is 4.41. The number of rotatable bonds is 5. The molecule has 10 heteroatoms.